The molecule has 1 saturated heterocycles. The molecule has 2 aliphatic heterocycles. The molecule has 3 aromatic carbocycles. The molecule has 11 heteroatoms. The zero-order valence-electron chi connectivity index (χ0n) is 33.4. The van der Waals surface area contributed by atoms with E-state index < -0.39 is 30.1 Å². The third-order valence-corrected chi connectivity index (χ3v) is 12.0. The van der Waals surface area contributed by atoms with Crippen LogP contribution in [0.1, 0.15) is 82.6 Å². The van der Waals surface area contributed by atoms with E-state index in [1.807, 2.05) is 36.4 Å². The number of carbonyl (C=O) groups is 1. The monoisotopic (exact) mass is 782 g/mol. The summed E-state index contributed by atoms with van der Waals surface area (Å²) < 4.78 is 32.3. The smallest absolute Gasteiger partial charge is 0.409 e. The van der Waals surface area contributed by atoms with Gasteiger partial charge in [-0.1, -0.05) is 60.5 Å². The second-order valence-electron chi connectivity index (χ2n) is 15.6. The average molecular weight is 783 g/mol. The molecule has 11 nitrogen and oxygen atoms in total. The van der Waals surface area contributed by atoms with Gasteiger partial charge in [0.2, 0.25) is 12.1 Å². The van der Waals surface area contributed by atoms with Gasteiger partial charge in [-0.3, -0.25) is 0 Å². The number of carbonyl (C=O) groups excluding carboxylic acids is 1. The van der Waals surface area contributed by atoms with E-state index in [-0.39, 0.29) is 50.6 Å². The lowest BCUT2D eigenvalue weighted by atomic mass is 9.55. The van der Waals surface area contributed by atoms with E-state index in [0.717, 1.165) is 78.3 Å². The normalized spacial score (nSPS) is 27.1. The third-order valence-electron chi connectivity index (χ3n) is 12.0. The maximum Gasteiger partial charge on any atom is 0.409 e. The Morgan fingerprint density at radius 2 is 1.77 bits per heavy atom. The number of ether oxygens (including phenoxy) is 5. The number of hydrogen-bond acceptors (Lipinski definition) is 10. The number of nitrogens with zero attached hydrogens (tertiary/aromatic N) is 2. The van der Waals surface area contributed by atoms with Gasteiger partial charge < -0.3 is 43.6 Å². The molecule has 7 atom stereocenters. The number of benzene rings is 3. The summed E-state index contributed by atoms with van der Waals surface area (Å²) in [6.07, 6.45) is 10.8. The largest absolute Gasteiger partial charge is 0.459 e. The van der Waals surface area contributed by atoms with E-state index >= 15 is 0 Å². The van der Waals surface area contributed by atoms with Gasteiger partial charge in [-0.05, 0) is 104 Å². The first kappa shape index (κ1) is 40.8. The van der Waals surface area contributed by atoms with Crippen molar-refractivity contribution >= 4 is 22.6 Å². The average Bonchev–Trinajstić information content (AvgIpc) is 3.23. The van der Waals surface area contributed by atoms with Crippen LogP contribution < -0.4 is 9.47 Å². The highest BCUT2D eigenvalue weighted by molar-refractivity contribution is 6.03. The van der Waals surface area contributed by atoms with Crippen LogP contribution in [0.2, 0.25) is 0 Å². The Morgan fingerprint density at radius 3 is 2.53 bits per heavy atom. The van der Waals surface area contributed by atoms with E-state index in [4.69, 9.17) is 33.7 Å². The Morgan fingerprint density at radius 1 is 1.00 bits per heavy atom. The summed E-state index contributed by atoms with van der Waals surface area (Å²) in [5.74, 6) is 0.293. The highest BCUT2D eigenvalue weighted by Crippen LogP contribution is 2.62. The zero-order chi connectivity index (χ0) is 39.8. The number of aliphatic hydroxyl groups is 2. The number of amides is 1. The van der Waals surface area contributed by atoms with Crippen molar-refractivity contribution in [3.05, 3.63) is 90.5 Å². The van der Waals surface area contributed by atoms with Crippen molar-refractivity contribution in [3.63, 3.8) is 0 Å². The lowest BCUT2D eigenvalue weighted by Crippen LogP contribution is -2.69. The first-order chi connectivity index (χ1) is 27.9. The van der Waals surface area contributed by atoms with E-state index in [1.165, 1.54) is 0 Å². The molecule has 2 fully saturated rings. The summed E-state index contributed by atoms with van der Waals surface area (Å²) in [6.45, 7) is 7.02. The van der Waals surface area contributed by atoms with Gasteiger partial charge >= 0.3 is 6.09 Å². The second-order valence-corrected chi connectivity index (χ2v) is 15.6. The number of aliphatic hydroxyl groups excluding tert-OH is 2. The van der Waals surface area contributed by atoms with Gasteiger partial charge in [-0.25, -0.2) is 4.79 Å². The summed E-state index contributed by atoms with van der Waals surface area (Å²) in [5, 5.41) is 26.9. The predicted octanol–water partition coefficient (Wildman–Crippen LogP) is 8.88. The fourth-order valence-corrected chi connectivity index (χ4v) is 9.43. The molecule has 2 heterocycles. The molecule has 4 aliphatic rings. The van der Waals surface area contributed by atoms with Crippen LogP contribution in [0.25, 0.3) is 10.8 Å². The summed E-state index contributed by atoms with van der Waals surface area (Å²) in [5.41, 5.74) is 2.67. The second kappa shape index (κ2) is 18.9. The Bertz CT molecular complexity index is 1910. The summed E-state index contributed by atoms with van der Waals surface area (Å²) in [7, 11) is 1.73. The lowest BCUT2D eigenvalue weighted by molar-refractivity contribution is -0.254. The number of oxime groups is 1. The molecular weight excluding hydrogens is 725 g/mol. The van der Waals surface area contributed by atoms with E-state index in [9.17, 15) is 15.0 Å². The Labute approximate surface area is 336 Å². The summed E-state index contributed by atoms with van der Waals surface area (Å²) in [6, 6.07) is 19.6. The van der Waals surface area contributed by atoms with E-state index in [0.29, 0.717) is 30.9 Å². The van der Waals surface area contributed by atoms with Crippen molar-refractivity contribution in [2.45, 2.75) is 95.2 Å². The molecule has 1 amide bonds. The van der Waals surface area contributed by atoms with Crippen LogP contribution in [-0.2, 0) is 19.0 Å². The van der Waals surface area contributed by atoms with Crippen molar-refractivity contribution in [1.82, 2.24) is 4.90 Å². The van der Waals surface area contributed by atoms with Crippen molar-refractivity contribution in [2.75, 3.05) is 40.1 Å². The maximum absolute atomic E-state index is 13.7. The van der Waals surface area contributed by atoms with Gasteiger partial charge in [-0.2, -0.15) is 0 Å². The van der Waals surface area contributed by atoms with Gasteiger partial charge in [-0.15, -0.1) is 6.58 Å². The quantitative estimate of drug-likeness (QED) is 0.0784. The molecule has 0 aromatic heterocycles. The number of allylic oxidation sites excluding steroid dienone is 1. The molecule has 7 rings (SSSR count). The number of hydrogen-bond donors (Lipinski definition) is 2. The minimum absolute atomic E-state index is 0.0877. The van der Waals surface area contributed by atoms with E-state index in [1.54, 1.807) is 24.9 Å². The number of rotatable bonds is 17. The molecule has 306 valence electrons. The summed E-state index contributed by atoms with van der Waals surface area (Å²) >= 11 is 0. The number of unbranched alkanes of at least 4 members (excludes halogenated alkanes) is 2. The first-order valence-corrected chi connectivity index (χ1v) is 20.8. The predicted molar refractivity (Wildman–Crippen MR) is 218 cm³/mol. The molecule has 3 aromatic rings. The van der Waals surface area contributed by atoms with Crippen LogP contribution >= 0.6 is 0 Å². The Balaban J connectivity index is 1.40. The maximum atomic E-state index is 13.7. The van der Waals surface area contributed by atoms with Crippen molar-refractivity contribution < 1.29 is 43.5 Å². The molecule has 2 N–H and O–H groups in total. The standard InChI is InChI=1S/C46H58N2O9/c1-4-25-54-46-41(48(3)45(51)52-5-2)30-39(47-57-42-18-10-13-26-53-42)37-28-33(16-8-11-23-49)36(17-9-12-24-50)43(44(37)46)38-29-35(21-22-40(38)56-46)55-34-20-19-31-14-6-7-15-32(31)27-34/h4,6-7,14-15,19-22,27-29,33,36,41-44,49-50H,1,5,8-13,16-18,23-26,30H2,2-3H3/t33-,36+,41-,42?,43+,44+,46+/m0/s1. The molecule has 1 unspecified atom stereocenters. The molecule has 0 radical (unpaired) electrons. The first-order valence-electron chi connectivity index (χ1n) is 20.8. The molecule has 1 saturated carbocycles. The topological polar surface area (TPSA) is 129 Å². The number of likely N-dealkylation sites (N-methyl/N-ethyl adjacent to an activating group) is 1. The Hall–Kier alpha value is -4.42. The molecule has 0 spiro atoms. The van der Waals surface area contributed by atoms with Crippen molar-refractivity contribution in [2.24, 2.45) is 22.9 Å². The minimum atomic E-state index is -1.36. The van der Waals surface area contributed by atoms with Crippen LogP contribution in [-0.4, -0.2) is 85.1 Å². The van der Waals surface area contributed by atoms with Crippen LogP contribution in [0.5, 0.6) is 17.2 Å². The highest BCUT2D eigenvalue weighted by atomic mass is 16.8. The minimum Gasteiger partial charge on any atom is -0.459 e. The van der Waals surface area contributed by atoms with Crippen molar-refractivity contribution in [3.8, 4) is 17.2 Å². The van der Waals surface area contributed by atoms with Crippen LogP contribution in [0.15, 0.2) is 90.1 Å². The molecule has 0 bridgehead atoms. The molecular formula is C46H58N2O9. The van der Waals surface area contributed by atoms with E-state index in [2.05, 4.69) is 36.9 Å². The SMILES string of the molecule is C=CCO[C@@]12Oc3ccc(Oc4ccc5ccccc5c4)cc3[C@H]3[C@H](CCCCO)[C@@H](CCCCO)C=C(C(=NOC4CCCCO4)C[C@@H]1N(C)C(=O)OCC)[C@H]32. The third kappa shape index (κ3) is 8.72. The molecule has 57 heavy (non-hydrogen) atoms. The highest BCUT2D eigenvalue weighted by Gasteiger charge is 2.65. The molecule has 2 aliphatic carbocycles. The van der Waals surface area contributed by atoms with Gasteiger partial charge in [0.1, 0.15) is 23.3 Å². The zero-order valence-corrected chi connectivity index (χ0v) is 33.4. The van der Waals surface area contributed by atoms with Crippen LogP contribution in [0.3, 0.4) is 0 Å². The Kier molecular flexibility index (Phi) is 13.5. The van der Waals surface area contributed by atoms with Gasteiger partial charge in [0.15, 0.2) is 0 Å². The fourth-order valence-electron chi connectivity index (χ4n) is 9.43. The summed E-state index contributed by atoms with van der Waals surface area (Å²) in [4.78, 5) is 21.4. The number of fused-ring (bicyclic) bond motifs is 3. The van der Waals surface area contributed by atoms with Gasteiger partial charge in [0, 0.05) is 44.6 Å². The van der Waals surface area contributed by atoms with Crippen molar-refractivity contribution in [1.29, 1.82) is 0 Å². The van der Waals surface area contributed by atoms with Crippen LogP contribution in [0, 0.1) is 17.8 Å². The van der Waals surface area contributed by atoms with Crippen LogP contribution in [0.4, 0.5) is 4.79 Å². The lowest BCUT2D eigenvalue weighted by Gasteiger charge is -2.59. The van der Waals surface area contributed by atoms with Gasteiger partial charge in [0.05, 0.1) is 31.5 Å². The fraction of sp³-hybridized carbons (Fsp3) is 0.522. The van der Waals surface area contributed by atoms with Gasteiger partial charge in [0.25, 0.3) is 0 Å².